The summed E-state index contributed by atoms with van der Waals surface area (Å²) < 4.78 is 80.4. The lowest BCUT2D eigenvalue weighted by molar-refractivity contribution is 0.0247. The Morgan fingerprint density at radius 2 is 1.42 bits per heavy atom. The third kappa shape index (κ3) is 1.99. The van der Waals surface area contributed by atoms with Gasteiger partial charge in [0.15, 0.2) is 0 Å². The summed E-state index contributed by atoms with van der Waals surface area (Å²) in [6.07, 6.45) is -4.68. The second-order valence-corrected chi connectivity index (χ2v) is 1.61. The Hall–Kier alpha value is -1.01. The van der Waals surface area contributed by atoms with Gasteiger partial charge < -0.3 is 0 Å². The third-order valence-corrected chi connectivity index (χ3v) is 0.837. The summed E-state index contributed by atoms with van der Waals surface area (Å²) in [4.78, 5) is 0. The van der Waals surface area contributed by atoms with Crippen molar-refractivity contribution in [2.45, 2.75) is 5.92 Å². The Labute approximate surface area is 62.0 Å². The van der Waals surface area contributed by atoms with Crippen molar-refractivity contribution in [3.63, 3.8) is 0 Å². The van der Waals surface area contributed by atoms with Gasteiger partial charge in [0, 0.05) is 0 Å². The van der Waals surface area contributed by atoms with Crippen molar-refractivity contribution in [2.75, 3.05) is 0 Å². The maximum absolute atomic E-state index is 11.9. The summed E-state index contributed by atoms with van der Waals surface area (Å²) in [5, 5.41) is 0. The molecule has 0 spiro atoms. The zero-order valence-corrected chi connectivity index (χ0v) is 5.22. The van der Waals surface area contributed by atoms with Crippen LogP contribution < -0.4 is 0 Å². The zero-order valence-electron chi connectivity index (χ0n) is 5.22. The van der Waals surface area contributed by atoms with E-state index in [2.05, 4.69) is 0 Å². The minimum atomic E-state index is -5.23. The summed E-state index contributed by atoms with van der Waals surface area (Å²) in [6.45, 7) is 0. The molecule has 0 fully saturated rings. The van der Waals surface area contributed by atoms with Crippen LogP contribution in [0.2, 0.25) is 0 Å². The van der Waals surface area contributed by atoms with Gasteiger partial charge >= 0.3 is 12.0 Å². The highest BCUT2D eigenvalue weighted by Crippen LogP contribution is 2.36. The number of rotatable bonds is 2. The van der Waals surface area contributed by atoms with Gasteiger partial charge in [-0.25, -0.2) is 8.78 Å². The van der Waals surface area contributed by atoms with Crippen molar-refractivity contribution in [3.05, 3.63) is 24.1 Å². The molecule has 0 aliphatic carbocycles. The molecule has 0 N–H and O–H groups in total. The minimum Gasteiger partial charge on any atom is -0.212 e. The second kappa shape index (κ2) is 3.59. The average Bonchev–Trinajstić information content (AvgIpc) is 2.01. The van der Waals surface area contributed by atoms with E-state index in [1.165, 1.54) is 0 Å². The van der Waals surface area contributed by atoms with E-state index >= 15 is 0 Å². The quantitative estimate of drug-likeness (QED) is 0.590. The highest BCUT2D eigenvalue weighted by Gasteiger charge is 2.44. The van der Waals surface area contributed by atoms with Gasteiger partial charge in [0.05, 0.1) is 0 Å². The Balaban J connectivity index is 5.00. The molecule has 0 aliphatic rings. The third-order valence-electron chi connectivity index (χ3n) is 0.837. The van der Waals surface area contributed by atoms with E-state index in [0.717, 1.165) is 0 Å². The normalized spacial score (nSPS) is 13.1. The first-order valence-corrected chi connectivity index (χ1v) is 2.39. The van der Waals surface area contributed by atoms with Gasteiger partial charge in [0.2, 0.25) is 11.7 Å². The smallest absolute Gasteiger partial charge is 0.212 e. The van der Waals surface area contributed by atoms with E-state index in [9.17, 15) is 30.7 Å². The van der Waals surface area contributed by atoms with Gasteiger partial charge in [-0.3, -0.25) is 0 Å². The van der Waals surface area contributed by atoms with Gasteiger partial charge in [0.25, 0.3) is 0 Å². The molecule has 0 amide bonds. The molecule has 0 saturated carbocycles. The fraction of sp³-hybridized carbons (Fsp3) is 0.200. The molecule has 0 saturated heterocycles. The highest BCUT2D eigenvalue weighted by atomic mass is 19.3. The van der Waals surface area contributed by atoms with Crippen LogP contribution in [-0.4, -0.2) is 5.92 Å². The van der Waals surface area contributed by atoms with Crippen LogP contribution in [0.15, 0.2) is 24.1 Å². The van der Waals surface area contributed by atoms with E-state index in [0.29, 0.717) is 0 Å². The van der Waals surface area contributed by atoms with Crippen LogP contribution in [-0.2, 0) is 0 Å². The van der Waals surface area contributed by atoms with Crippen LogP contribution in [0.1, 0.15) is 0 Å². The summed E-state index contributed by atoms with van der Waals surface area (Å²) in [5.74, 6) is -11.4. The van der Waals surface area contributed by atoms with Crippen molar-refractivity contribution in [3.8, 4) is 0 Å². The van der Waals surface area contributed by atoms with Crippen molar-refractivity contribution in [1.82, 2.24) is 0 Å². The molecule has 0 aromatic rings. The number of hydrogen-bond donors (Lipinski definition) is 0. The Kier molecular flexibility index (Phi) is 3.29. The maximum atomic E-state index is 11.9. The molecule has 0 aromatic heterocycles. The van der Waals surface area contributed by atoms with E-state index in [1.807, 2.05) is 0 Å². The summed E-state index contributed by atoms with van der Waals surface area (Å²) in [6, 6.07) is 0. The maximum Gasteiger partial charge on any atom is 0.357 e. The second-order valence-electron chi connectivity index (χ2n) is 1.61. The predicted molar refractivity (Wildman–Crippen MR) is 25.6 cm³/mol. The van der Waals surface area contributed by atoms with Crippen molar-refractivity contribution >= 4 is 0 Å². The average molecular weight is 194 g/mol. The Morgan fingerprint density at radius 1 is 1.00 bits per heavy atom. The van der Waals surface area contributed by atoms with Crippen LogP contribution in [0.3, 0.4) is 0 Å². The molecule has 0 heterocycles. The van der Waals surface area contributed by atoms with E-state index in [4.69, 9.17) is 0 Å². The molecule has 70 valence electrons. The molecule has 0 bridgehead atoms. The molecule has 12 heavy (non-hydrogen) atoms. The van der Waals surface area contributed by atoms with Gasteiger partial charge in [-0.15, -0.1) is 0 Å². The lowest BCUT2D eigenvalue weighted by Gasteiger charge is -2.08. The number of hydrogen-bond acceptors (Lipinski definition) is 0. The van der Waals surface area contributed by atoms with E-state index in [-0.39, 0.29) is 0 Å². The SMILES string of the molecule is F/C=C(\F)C(F)(F)C(F)=C(F)F. The van der Waals surface area contributed by atoms with Crippen molar-refractivity contribution in [2.24, 2.45) is 0 Å². The Morgan fingerprint density at radius 3 is 1.67 bits per heavy atom. The minimum absolute atomic E-state index is 1.29. The summed E-state index contributed by atoms with van der Waals surface area (Å²) in [5.41, 5.74) is 0. The number of halogens is 7. The number of alkyl halides is 2. The van der Waals surface area contributed by atoms with Gasteiger partial charge in [-0.2, -0.15) is 22.0 Å². The fourth-order valence-electron chi connectivity index (χ4n) is 0.292. The highest BCUT2D eigenvalue weighted by molar-refractivity contribution is 5.18. The van der Waals surface area contributed by atoms with Crippen LogP contribution in [0.25, 0.3) is 0 Å². The molecular formula is C5HF7. The standard InChI is InChI=1S/C5HF7/c6-1-2(7)5(11,12)3(8)4(9)10/h1H/b2-1-. The van der Waals surface area contributed by atoms with Gasteiger partial charge in [-0.05, 0) is 0 Å². The zero-order chi connectivity index (χ0) is 9.94. The number of allylic oxidation sites excluding steroid dienone is 2. The molecule has 0 rings (SSSR count). The molecule has 0 nitrogen and oxygen atoms in total. The first-order chi connectivity index (χ1) is 5.34. The molecule has 7 heteroatoms. The summed E-state index contributed by atoms with van der Waals surface area (Å²) >= 11 is 0. The van der Waals surface area contributed by atoms with Crippen LogP contribution >= 0.6 is 0 Å². The van der Waals surface area contributed by atoms with E-state index < -0.39 is 30.0 Å². The molecule has 0 aliphatic heterocycles. The molecule has 0 aromatic carbocycles. The molecule has 0 atom stereocenters. The molecule has 0 unspecified atom stereocenters. The first-order valence-electron chi connectivity index (χ1n) is 2.39. The van der Waals surface area contributed by atoms with Gasteiger partial charge in [0.1, 0.15) is 6.33 Å². The van der Waals surface area contributed by atoms with Crippen LogP contribution in [0.5, 0.6) is 0 Å². The van der Waals surface area contributed by atoms with Crippen LogP contribution in [0, 0.1) is 0 Å². The van der Waals surface area contributed by atoms with Crippen molar-refractivity contribution < 1.29 is 30.7 Å². The molecular weight excluding hydrogens is 193 g/mol. The lowest BCUT2D eigenvalue weighted by Crippen LogP contribution is -2.18. The monoisotopic (exact) mass is 194 g/mol. The lowest BCUT2D eigenvalue weighted by atomic mass is 10.3. The Bertz CT molecular complexity index is 222. The van der Waals surface area contributed by atoms with Crippen molar-refractivity contribution in [1.29, 1.82) is 0 Å². The first kappa shape index (κ1) is 11.0. The predicted octanol–water partition coefficient (Wildman–Crippen LogP) is 3.48. The molecule has 0 radical (unpaired) electrons. The largest absolute Gasteiger partial charge is 0.357 e. The topological polar surface area (TPSA) is 0 Å². The van der Waals surface area contributed by atoms with Crippen LogP contribution in [0.4, 0.5) is 30.7 Å². The van der Waals surface area contributed by atoms with E-state index in [1.54, 1.807) is 0 Å². The fourth-order valence-corrected chi connectivity index (χ4v) is 0.292. The van der Waals surface area contributed by atoms with Gasteiger partial charge in [-0.1, -0.05) is 0 Å². The summed E-state index contributed by atoms with van der Waals surface area (Å²) in [7, 11) is 0.